The molecule has 1 rings (SSSR count). The average Bonchev–Trinajstić information content (AvgIpc) is 2.31. The zero-order valence-electron chi connectivity index (χ0n) is 10.8. The van der Waals surface area contributed by atoms with Gasteiger partial charge >= 0.3 is 5.97 Å². The van der Waals surface area contributed by atoms with E-state index in [9.17, 15) is 9.90 Å². The van der Waals surface area contributed by atoms with Gasteiger partial charge in [0.25, 0.3) is 0 Å². The second kappa shape index (κ2) is 6.40. The number of carbonyl (C=O) groups is 1. The SMILES string of the molecule is CCC(CC)N(C)C(C(=O)O)c1ccccc1. The maximum absolute atomic E-state index is 11.4. The van der Waals surface area contributed by atoms with Crippen LogP contribution in [0.2, 0.25) is 0 Å². The Bertz CT molecular complexity index is 346. The first-order valence-corrected chi connectivity index (χ1v) is 6.11. The lowest BCUT2D eigenvalue weighted by Gasteiger charge is -2.31. The number of nitrogens with zero attached hydrogens (tertiary/aromatic N) is 1. The molecule has 1 aromatic carbocycles. The second-order valence-electron chi connectivity index (χ2n) is 4.29. The Hall–Kier alpha value is -1.35. The largest absolute Gasteiger partial charge is 0.480 e. The van der Waals surface area contributed by atoms with Gasteiger partial charge < -0.3 is 5.11 Å². The number of carboxylic acid groups (broad SMARTS) is 1. The summed E-state index contributed by atoms with van der Waals surface area (Å²) < 4.78 is 0. The van der Waals surface area contributed by atoms with Crippen molar-refractivity contribution < 1.29 is 9.90 Å². The second-order valence-corrected chi connectivity index (χ2v) is 4.29. The first kappa shape index (κ1) is 13.7. The number of likely N-dealkylation sites (N-methyl/N-ethyl adjacent to an activating group) is 1. The van der Waals surface area contributed by atoms with Crippen LogP contribution in [0.15, 0.2) is 30.3 Å². The highest BCUT2D eigenvalue weighted by atomic mass is 16.4. The van der Waals surface area contributed by atoms with E-state index in [1.807, 2.05) is 42.3 Å². The molecule has 0 spiro atoms. The van der Waals surface area contributed by atoms with E-state index in [1.165, 1.54) is 0 Å². The van der Waals surface area contributed by atoms with Crippen LogP contribution in [0.25, 0.3) is 0 Å². The standard InChI is InChI=1S/C14H21NO2/c1-4-12(5-2)15(3)13(14(16)17)11-9-7-6-8-10-11/h6-10,12-13H,4-5H2,1-3H3,(H,16,17). The zero-order chi connectivity index (χ0) is 12.8. The molecule has 0 aliphatic carbocycles. The van der Waals surface area contributed by atoms with Gasteiger partial charge in [-0.2, -0.15) is 0 Å². The summed E-state index contributed by atoms with van der Waals surface area (Å²) in [6.45, 7) is 4.18. The molecule has 0 saturated carbocycles. The van der Waals surface area contributed by atoms with Gasteiger partial charge in [0.2, 0.25) is 0 Å². The van der Waals surface area contributed by atoms with Crippen LogP contribution in [-0.4, -0.2) is 29.1 Å². The molecule has 0 fully saturated rings. The van der Waals surface area contributed by atoms with Gasteiger partial charge in [0.05, 0.1) is 0 Å². The molecule has 0 aliphatic rings. The smallest absolute Gasteiger partial charge is 0.325 e. The van der Waals surface area contributed by atoms with E-state index in [0.29, 0.717) is 6.04 Å². The maximum Gasteiger partial charge on any atom is 0.325 e. The van der Waals surface area contributed by atoms with Crippen LogP contribution >= 0.6 is 0 Å². The van der Waals surface area contributed by atoms with Crippen LogP contribution in [0.5, 0.6) is 0 Å². The molecule has 0 heterocycles. The molecule has 0 bridgehead atoms. The average molecular weight is 235 g/mol. The van der Waals surface area contributed by atoms with Gasteiger partial charge in [-0.3, -0.25) is 9.69 Å². The molecule has 0 aromatic heterocycles. The fourth-order valence-electron chi connectivity index (χ4n) is 2.26. The minimum absolute atomic E-state index is 0.302. The highest BCUT2D eigenvalue weighted by molar-refractivity contribution is 5.75. The van der Waals surface area contributed by atoms with Crippen LogP contribution in [0.4, 0.5) is 0 Å². The predicted molar refractivity (Wildman–Crippen MR) is 69.0 cm³/mol. The van der Waals surface area contributed by atoms with Crippen molar-refractivity contribution in [2.75, 3.05) is 7.05 Å². The van der Waals surface area contributed by atoms with Crippen molar-refractivity contribution in [3.8, 4) is 0 Å². The topological polar surface area (TPSA) is 40.5 Å². The van der Waals surface area contributed by atoms with Crippen molar-refractivity contribution >= 4 is 5.97 Å². The molecule has 1 atom stereocenters. The molecule has 3 heteroatoms. The molecule has 0 saturated heterocycles. The summed E-state index contributed by atoms with van der Waals surface area (Å²) >= 11 is 0. The van der Waals surface area contributed by atoms with Crippen molar-refractivity contribution in [2.45, 2.75) is 38.8 Å². The summed E-state index contributed by atoms with van der Waals surface area (Å²) in [6.07, 6.45) is 1.92. The Labute approximate surface area is 103 Å². The number of benzene rings is 1. The summed E-state index contributed by atoms with van der Waals surface area (Å²) in [5.74, 6) is -0.786. The van der Waals surface area contributed by atoms with Crippen molar-refractivity contribution in [2.24, 2.45) is 0 Å². The third-order valence-corrected chi connectivity index (χ3v) is 3.27. The van der Waals surface area contributed by atoms with Crippen LogP contribution in [-0.2, 0) is 4.79 Å². The van der Waals surface area contributed by atoms with Crippen LogP contribution in [0.3, 0.4) is 0 Å². The molecule has 1 N–H and O–H groups in total. The normalized spacial score (nSPS) is 13.0. The van der Waals surface area contributed by atoms with Gasteiger partial charge in [0.1, 0.15) is 6.04 Å². The lowest BCUT2D eigenvalue weighted by Crippen LogP contribution is -2.38. The summed E-state index contributed by atoms with van der Waals surface area (Å²) in [5.41, 5.74) is 0.842. The number of hydrogen-bond acceptors (Lipinski definition) is 2. The van der Waals surface area contributed by atoms with E-state index in [-0.39, 0.29) is 0 Å². The van der Waals surface area contributed by atoms with E-state index in [1.54, 1.807) is 0 Å². The molecule has 1 aromatic rings. The van der Waals surface area contributed by atoms with Crippen LogP contribution in [0, 0.1) is 0 Å². The first-order chi connectivity index (χ1) is 8.11. The van der Waals surface area contributed by atoms with Crippen LogP contribution < -0.4 is 0 Å². The Morgan fingerprint density at radius 2 is 1.76 bits per heavy atom. The van der Waals surface area contributed by atoms with Crippen LogP contribution in [0.1, 0.15) is 38.3 Å². The molecule has 3 nitrogen and oxygen atoms in total. The monoisotopic (exact) mass is 235 g/mol. The molecule has 0 aliphatic heterocycles. The first-order valence-electron chi connectivity index (χ1n) is 6.11. The fourth-order valence-corrected chi connectivity index (χ4v) is 2.26. The molecule has 0 amide bonds. The highest BCUT2D eigenvalue weighted by Crippen LogP contribution is 2.23. The van der Waals surface area contributed by atoms with Crippen molar-refractivity contribution in [3.63, 3.8) is 0 Å². The zero-order valence-corrected chi connectivity index (χ0v) is 10.8. The highest BCUT2D eigenvalue weighted by Gasteiger charge is 2.28. The van der Waals surface area contributed by atoms with Gasteiger partial charge in [-0.05, 0) is 25.5 Å². The third kappa shape index (κ3) is 3.30. The Kier molecular flexibility index (Phi) is 5.16. The van der Waals surface area contributed by atoms with Crippen molar-refractivity contribution in [3.05, 3.63) is 35.9 Å². The number of carboxylic acids is 1. The Morgan fingerprint density at radius 1 is 1.24 bits per heavy atom. The molecular formula is C14H21NO2. The molecular weight excluding hydrogens is 214 g/mol. The molecule has 94 valence electrons. The summed E-state index contributed by atoms with van der Waals surface area (Å²) in [4.78, 5) is 13.4. The summed E-state index contributed by atoms with van der Waals surface area (Å²) in [7, 11) is 1.89. The number of hydrogen-bond donors (Lipinski definition) is 1. The summed E-state index contributed by atoms with van der Waals surface area (Å²) in [6, 6.07) is 9.16. The fraction of sp³-hybridized carbons (Fsp3) is 0.500. The van der Waals surface area contributed by atoms with Gasteiger partial charge in [-0.25, -0.2) is 0 Å². The van der Waals surface area contributed by atoms with E-state index >= 15 is 0 Å². The minimum Gasteiger partial charge on any atom is -0.480 e. The lowest BCUT2D eigenvalue weighted by molar-refractivity contribution is -0.144. The third-order valence-electron chi connectivity index (χ3n) is 3.27. The van der Waals surface area contributed by atoms with Gasteiger partial charge in [0.15, 0.2) is 0 Å². The van der Waals surface area contributed by atoms with Crippen molar-refractivity contribution in [1.82, 2.24) is 4.90 Å². The van der Waals surface area contributed by atoms with E-state index in [4.69, 9.17) is 0 Å². The van der Waals surface area contributed by atoms with E-state index in [2.05, 4.69) is 13.8 Å². The lowest BCUT2D eigenvalue weighted by atomic mass is 10.0. The predicted octanol–water partition coefficient (Wildman–Crippen LogP) is 2.93. The van der Waals surface area contributed by atoms with Crippen molar-refractivity contribution in [1.29, 1.82) is 0 Å². The maximum atomic E-state index is 11.4. The molecule has 0 radical (unpaired) electrons. The van der Waals surface area contributed by atoms with E-state index < -0.39 is 12.0 Å². The van der Waals surface area contributed by atoms with Gasteiger partial charge in [0, 0.05) is 6.04 Å². The Balaban J connectivity index is 2.98. The summed E-state index contributed by atoms with van der Waals surface area (Å²) in [5, 5.41) is 9.40. The Morgan fingerprint density at radius 3 is 2.18 bits per heavy atom. The number of aliphatic carboxylic acids is 1. The molecule has 17 heavy (non-hydrogen) atoms. The van der Waals surface area contributed by atoms with E-state index in [0.717, 1.165) is 18.4 Å². The van der Waals surface area contributed by atoms with Gasteiger partial charge in [-0.1, -0.05) is 44.2 Å². The minimum atomic E-state index is -0.786. The van der Waals surface area contributed by atoms with Gasteiger partial charge in [-0.15, -0.1) is 0 Å². The molecule has 1 unspecified atom stereocenters. The number of rotatable bonds is 6. The quantitative estimate of drug-likeness (QED) is 0.824.